The summed E-state index contributed by atoms with van der Waals surface area (Å²) < 4.78 is 0.415. The molecular formula is C12H25N3OS. The average Bonchev–Trinajstić information content (AvgIpc) is 2.83. The fourth-order valence-electron chi connectivity index (χ4n) is 2.46. The predicted molar refractivity (Wildman–Crippen MR) is 74.8 cm³/mol. The molecule has 0 spiro atoms. The summed E-state index contributed by atoms with van der Waals surface area (Å²) in [5.74, 6) is 0.314. The van der Waals surface area contributed by atoms with Gasteiger partial charge in [-0.2, -0.15) is 11.8 Å². The monoisotopic (exact) mass is 259 g/mol. The highest BCUT2D eigenvalue weighted by Crippen LogP contribution is 2.39. The van der Waals surface area contributed by atoms with Crippen molar-refractivity contribution in [3.63, 3.8) is 0 Å². The first-order chi connectivity index (χ1) is 8.15. The summed E-state index contributed by atoms with van der Waals surface area (Å²) in [5.41, 5.74) is 5.55. The second-order valence-electron chi connectivity index (χ2n) is 4.88. The molecule has 4 nitrogen and oxygen atoms in total. The number of nitrogens with zero attached hydrogens (tertiary/aromatic N) is 1. The topological polar surface area (TPSA) is 70.6 Å². The van der Waals surface area contributed by atoms with E-state index in [0.29, 0.717) is 23.0 Å². The summed E-state index contributed by atoms with van der Waals surface area (Å²) in [6.07, 6.45) is 9.14. The number of nitrogens with one attached hydrogen (secondary N) is 1. The summed E-state index contributed by atoms with van der Waals surface area (Å²) in [7, 11) is 0. The smallest absolute Gasteiger partial charge is 0.140 e. The van der Waals surface area contributed by atoms with Crippen LogP contribution in [0, 0.1) is 0 Å². The van der Waals surface area contributed by atoms with Gasteiger partial charge in [-0.05, 0) is 25.5 Å². The van der Waals surface area contributed by atoms with Crippen LogP contribution in [-0.4, -0.2) is 34.6 Å². The first-order valence-electron chi connectivity index (χ1n) is 6.40. The predicted octanol–water partition coefficient (Wildman–Crippen LogP) is 2.17. The van der Waals surface area contributed by atoms with Crippen LogP contribution in [0.3, 0.4) is 0 Å². The average molecular weight is 259 g/mol. The molecule has 100 valence electrons. The van der Waals surface area contributed by atoms with E-state index < -0.39 is 0 Å². The number of nitrogens with two attached hydrogens (primary N) is 1. The summed E-state index contributed by atoms with van der Waals surface area (Å²) in [4.78, 5) is 0. The molecule has 1 unspecified atom stereocenters. The lowest BCUT2D eigenvalue weighted by Gasteiger charge is -2.29. The maximum atomic E-state index is 8.59. The highest BCUT2D eigenvalue weighted by molar-refractivity contribution is 8.00. The van der Waals surface area contributed by atoms with Crippen LogP contribution in [0.1, 0.15) is 45.4 Å². The van der Waals surface area contributed by atoms with Gasteiger partial charge in [0.05, 0.1) is 0 Å². The van der Waals surface area contributed by atoms with E-state index >= 15 is 0 Å². The zero-order chi connectivity index (χ0) is 12.7. The maximum Gasteiger partial charge on any atom is 0.140 e. The molecule has 0 saturated heterocycles. The maximum absolute atomic E-state index is 8.59. The van der Waals surface area contributed by atoms with Crippen molar-refractivity contribution >= 4 is 17.6 Å². The molecule has 5 heteroatoms. The van der Waals surface area contributed by atoms with Crippen LogP contribution in [0.4, 0.5) is 0 Å². The second kappa shape index (κ2) is 7.11. The molecule has 0 aromatic rings. The van der Waals surface area contributed by atoms with E-state index in [1.54, 1.807) is 0 Å². The lowest BCUT2D eigenvalue weighted by molar-refractivity contribution is 0.315. The molecule has 1 saturated carbocycles. The molecule has 0 amide bonds. The van der Waals surface area contributed by atoms with E-state index in [2.05, 4.69) is 23.7 Å². The third kappa shape index (κ3) is 4.39. The van der Waals surface area contributed by atoms with E-state index in [0.717, 1.165) is 13.0 Å². The Balaban J connectivity index is 2.40. The van der Waals surface area contributed by atoms with Crippen molar-refractivity contribution in [1.82, 2.24) is 5.32 Å². The van der Waals surface area contributed by atoms with E-state index in [1.165, 1.54) is 25.7 Å². The van der Waals surface area contributed by atoms with Gasteiger partial charge in [-0.3, -0.25) is 0 Å². The molecule has 1 atom stereocenters. The Morgan fingerprint density at radius 3 is 2.65 bits per heavy atom. The minimum Gasteiger partial charge on any atom is -0.409 e. The van der Waals surface area contributed by atoms with Crippen LogP contribution in [0.2, 0.25) is 0 Å². The van der Waals surface area contributed by atoms with Crippen molar-refractivity contribution in [3.8, 4) is 0 Å². The zero-order valence-electron chi connectivity index (χ0n) is 10.9. The van der Waals surface area contributed by atoms with Gasteiger partial charge in [0.2, 0.25) is 0 Å². The van der Waals surface area contributed by atoms with Crippen molar-refractivity contribution < 1.29 is 5.21 Å². The molecule has 0 heterocycles. The summed E-state index contributed by atoms with van der Waals surface area (Å²) in [6, 6.07) is 0.315. The Kier molecular flexibility index (Phi) is 6.12. The van der Waals surface area contributed by atoms with E-state index in [9.17, 15) is 0 Å². The quantitative estimate of drug-likeness (QED) is 0.284. The van der Waals surface area contributed by atoms with Gasteiger partial charge in [-0.25, -0.2) is 0 Å². The van der Waals surface area contributed by atoms with E-state index in [-0.39, 0.29) is 0 Å². The fraction of sp³-hybridized carbons (Fsp3) is 0.917. The van der Waals surface area contributed by atoms with Crippen LogP contribution >= 0.6 is 11.8 Å². The normalized spacial score (nSPS) is 21.6. The Labute approximate surface area is 108 Å². The van der Waals surface area contributed by atoms with E-state index in [1.807, 2.05) is 11.8 Å². The molecule has 1 rings (SSSR count). The van der Waals surface area contributed by atoms with Gasteiger partial charge >= 0.3 is 0 Å². The molecule has 1 fully saturated rings. The minimum atomic E-state index is 0.314. The number of rotatable bonds is 7. The fourth-order valence-corrected chi connectivity index (χ4v) is 3.38. The van der Waals surface area contributed by atoms with E-state index in [4.69, 9.17) is 10.9 Å². The van der Waals surface area contributed by atoms with Crippen molar-refractivity contribution in [3.05, 3.63) is 0 Å². The molecule has 1 aliphatic rings. The second-order valence-corrected chi connectivity index (χ2v) is 6.15. The van der Waals surface area contributed by atoms with Gasteiger partial charge in [-0.15, -0.1) is 0 Å². The van der Waals surface area contributed by atoms with Crippen molar-refractivity contribution in [2.75, 3.05) is 12.8 Å². The van der Waals surface area contributed by atoms with Crippen LogP contribution in [0.25, 0.3) is 0 Å². The SMILES string of the molecule is CCC(CC(N)=NO)NCC1(SC)CCCC1. The van der Waals surface area contributed by atoms with Gasteiger partial charge in [0.15, 0.2) is 0 Å². The standard InChI is InChI=1S/C12H25N3OS/c1-3-10(8-11(13)15-16)14-9-12(17-2)6-4-5-7-12/h10,14,16H,3-9H2,1-2H3,(H2,13,15). The Morgan fingerprint density at radius 1 is 1.53 bits per heavy atom. The lowest BCUT2D eigenvalue weighted by atomic mass is 10.1. The molecule has 0 bridgehead atoms. The first-order valence-corrected chi connectivity index (χ1v) is 7.63. The van der Waals surface area contributed by atoms with Crippen LogP contribution in [-0.2, 0) is 0 Å². The van der Waals surface area contributed by atoms with Crippen molar-refractivity contribution in [2.24, 2.45) is 10.9 Å². The van der Waals surface area contributed by atoms with Gasteiger partial charge in [-0.1, -0.05) is 24.9 Å². The Hall–Kier alpha value is -0.420. The molecule has 0 aromatic heterocycles. The molecule has 0 aliphatic heterocycles. The van der Waals surface area contributed by atoms with Crippen LogP contribution in [0.5, 0.6) is 0 Å². The van der Waals surface area contributed by atoms with Gasteiger partial charge in [0.1, 0.15) is 5.84 Å². The first kappa shape index (κ1) is 14.6. The third-order valence-electron chi connectivity index (χ3n) is 3.74. The van der Waals surface area contributed by atoms with Gasteiger partial charge < -0.3 is 16.3 Å². The van der Waals surface area contributed by atoms with Crippen LogP contribution in [0.15, 0.2) is 5.16 Å². The summed E-state index contributed by atoms with van der Waals surface area (Å²) >= 11 is 1.98. The van der Waals surface area contributed by atoms with Gasteiger partial charge in [0.25, 0.3) is 0 Å². The third-order valence-corrected chi connectivity index (χ3v) is 5.16. The molecule has 0 aromatic carbocycles. The van der Waals surface area contributed by atoms with Crippen molar-refractivity contribution in [2.45, 2.75) is 56.2 Å². The lowest BCUT2D eigenvalue weighted by Crippen LogP contribution is -2.42. The molecular weight excluding hydrogens is 234 g/mol. The summed E-state index contributed by atoms with van der Waals surface area (Å²) in [5, 5.41) is 15.2. The number of oxime groups is 1. The van der Waals surface area contributed by atoms with Crippen molar-refractivity contribution in [1.29, 1.82) is 0 Å². The number of hydrogen-bond donors (Lipinski definition) is 3. The number of thioether (sulfide) groups is 1. The molecule has 17 heavy (non-hydrogen) atoms. The van der Waals surface area contributed by atoms with Crippen LogP contribution < -0.4 is 11.1 Å². The van der Waals surface area contributed by atoms with Gasteiger partial charge in [0, 0.05) is 23.8 Å². The largest absolute Gasteiger partial charge is 0.409 e. The highest BCUT2D eigenvalue weighted by atomic mass is 32.2. The Bertz CT molecular complexity index is 252. The number of hydrogen-bond acceptors (Lipinski definition) is 4. The molecule has 0 radical (unpaired) electrons. The molecule has 4 N–H and O–H groups in total. The summed E-state index contributed by atoms with van der Waals surface area (Å²) in [6.45, 7) is 3.16. The molecule has 1 aliphatic carbocycles. The highest BCUT2D eigenvalue weighted by Gasteiger charge is 2.33. The zero-order valence-corrected chi connectivity index (χ0v) is 11.7. The number of amidine groups is 1. The minimum absolute atomic E-state index is 0.314. The Morgan fingerprint density at radius 2 is 2.18 bits per heavy atom.